The molecule has 0 bridgehead atoms. The highest BCUT2D eigenvalue weighted by Crippen LogP contribution is 2.23. The Labute approximate surface area is 169 Å². The minimum atomic E-state index is -2.98. The van der Waals surface area contributed by atoms with Gasteiger partial charge in [-0.2, -0.15) is 0 Å². The summed E-state index contributed by atoms with van der Waals surface area (Å²) in [5, 5.41) is 13.2. The van der Waals surface area contributed by atoms with Crippen molar-refractivity contribution in [3.8, 4) is 5.75 Å². The summed E-state index contributed by atoms with van der Waals surface area (Å²) in [5.41, 5.74) is 0.916. The van der Waals surface area contributed by atoms with Gasteiger partial charge < -0.3 is 9.84 Å². The number of benzene rings is 1. The molecule has 0 aliphatic carbocycles. The summed E-state index contributed by atoms with van der Waals surface area (Å²) in [4.78, 5) is 3.22. The molecule has 8 heteroatoms. The van der Waals surface area contributed by atoms with Crippen molar-refractivity contribution in [1.29, 1.82) is 0 Å². The van der Waals surface area contributed by atoms with E-state index in [0.29, 0.717) is 30.3 Å². The first-order valence-electron chi connectivity index (χ1n) is 8.86. The lowest BCUT2D eigenvalue weighted by Crippen LogP contribution is -2.42. The molecule has 1 N–H and O–H groups in total. The van der Waals surface area contributed by atoms with Crippen LogP contribution in [0, 0.1) is 6.92 Å². The van der Waals surface area contributed by atoms with E-state index in [-0.39, 0.29) is 24.2 Å². The molecule has 148 valence electrons. The molecule has 2 atom stereocenters. The van der Waals surface area contributed by atoms with Gasteiger partial charge in [-0.05, 0) is 48.6 Å². The van der Waals surface area contributed by atoms with Gasteiger partial charge in [0.15, 0.2) is 9.84 Å². The van der Waals surface area contributed by atoms with E-state index in [9.17, 15) is 13.5 Å². The Morgan fingerprint density at radius 2 is 2.22 bits per heavy atom. The zero-order valence-electron chi connectivity index (χ0n) is 15.2. The van der Waals surface area contributed by atoms with Gasteiger partial charge in [-0.1, -0.05) is 17.7 Å². The van der Waals surface area contributed by atoms with E-state index in [2.05, 4.69) is 4.90 Å². The maximum atomic E-state index is 11.9. The molecule has 3 rings (SSSR count). The van der Waals surface area contributed by atoms with E-state index >= 15 is 0 Å². The smallest absolute Gasteiger partial charge is 0.151 e. The summed E-state index contributed by atoms with van der Waals surface area (Å²) in [6.07, 6.45) is -0.109. The van der Waals surface area contributed by atoms with Gasteiger partial charge in [-0.25, -0.2) is 8.42 Å². The van der Waals surface area contributed by atoms with Crippen molar-refractivity contribution in [3.63, 3.8) is 0 Å². The molecule has 1 aromatic carbocycles. The lowest BCUT2D eigenvalue weighted by Gasteiger charge is -2.29. The normalized spacial score (nSPS) is 20.1. The molecule has 1 saturated heterocycles. The molecule has 0 radical (unpaired) electrons. The van der Waals surface area contributed by atoms with Crippen molar-refractivity contribution in [2.75, 3.05) is 24.7 Å². The Bertz CT molecular complexity index is 855. The van der Waals surface area contributed by atoms with Crippen LogP contribution < -0.4 is 4.74 Å². The van der Waals surface area contributed by atoms with Crippen molar-refractivity contribution in [1.82, 2.24) is 4.90 Å². The molecule has 1 aliphatic heterocycles. The third-order valence-corrected chi connectivity index (χ3v) is 7.72. The van der Waals surface area contributed by atoms with Gasteiger partial charge in [-0.3, -0.25) is 4.90 Å². The highest BCUT2D eigenvalue weighted by Gasteiger charge is 2.33. The summed E-state index contributed by atoms with van der Waals surface area (Å²) in [7, 11) is -2.98. The Hall–Kier alpha value is -1.12. The third-order valence-electron chi connectivity index (χ3n) is 4.68. The van der Waals surface area contributed by atoms with Gasteiger partial charge in [0.05, 0.1) is 11.5 Å². The van der Waals surface area contributed by atoms with Gasteiger partial charge >= 0.3 is 0 Å². The highest BCUT2D eigenvalue weighted by molar-refractivity contribution is 7.91. The largest absolute Gasteiger partial charge is 0.491 e. The number of halogens is 1. The van der Waals surface area contributed by atoms with Gasteiger partial charge in [-0.15, -0.1) is 11.3 Å². The number of aliphatic hydroxyl groups excluding tert-OH is 1. The van der Waals surface area contributed by atoms with Gasteiger partial charge in [0, 0.05) is 29.0 Å². The topological polar surface area (TPSA) is 66.8 Å². The number of hydrogen-bond acceptors (Lipinski definition) is 6. The number of sulfone groups is 1. The quantitative estimate of drug-likeness (QED) is 0.698. The molecule has 0 saturated carbocycles. The lowest BCUT2D eigenvalue weighted by atomic mass is 10.2. The number of aryl methyl sites for hydroxylation is 1. The van der Waals surface area contributed by atoms with E-state index in [1.807, 2.05) is 30.5 Å². The van der Waals surface area contributed by atoms with Gasteiger partial charge in [0.1, 0.15) is 18.5 Å². The second-order valence-corrected chi connectivity index (χ2v) is 10.6. The maximum Gasteiger partial charge on any atom is 0.151 e. The predicted octanol–water partition coefficient (Wildman–Crippen LogP) is 3.14. The summed E-state index contributed by atoms with van der Waals surface area (Å²) < 4.78 is 29.5. The maximum absolute atomic E-state index is 11.9. The fourth-order valence-corrected chi connectivity index (χ4v) is 5.84. The number of ether oxygens (including phenoxy) is 1. The molecule has 1 aromatic heterocycles. The Morgan fingerprint density at radius 3 is 2.85 bits per heavy atom. The van der Waals surface area contributed by atoms with Crippen molar-refractivity contribution in [2.24, 2.45) is 0 Å². The monoisotopic (exact) mass is 429 g/mol. The van der Waals surface area contributed by atoms with Gasteiger partial charge in [0.25, 0.3) is 0 Å². The molecule has 2 unspecified atom stereocenters. The fraction of sp³-hybridized carbons (Fsp3) is 0.474. The first-order chi connectivity index (χ1) is 12.8. The highest BCUT2D eigenvalue weighted by atomic mass is 35.5. The molecule has 27 heavy (non-hydrogen) atoms. The van der Waals surface area contributed by atoms with E-state index in [1.54, 1.807) is 23.5 Å². The summed E-state index contributed by atoms with van der Waals surface area (Å²) in [6, 6.07) is 9.32. The molecule has 1 aliphatic rings. The van der Waals surface area contributed by atoms with E-state index < -0.39 is 15.9 Å². The summed E-state index contributed by atoms with van der Waals surface area (Å²) in [6.45, 7) is 3.04. The van der Waals surface area contributed by atoms with Gasteiger partial charge in [0.2, 0.25) is 0 Å². The van der Waals surface area contributed by atoms with E-state index in [4.69, 9.17) is 16.3 Å². The zero-order valence-corrected chi connectivity index (χ0v) is 17.6. The Kier molecular flexibility index (Phi) is 6.81. The number of nitrogens with zero attached hydrogens (tertiary/aromatic N) is 1. The van der Waals surface area contributed by atoms with Crippen LogP contribution in [0.15, 0.2) is 35.7 Å². The number of thiophene rings is 1. The molecule has 5 nitrogen and oxygen atoms in total. The van der Waals surface area contributed by atoms with Crippen LogP contribution >= 0.6 is 22.9 Å². The third kappa shape index (κ3) is 5.93. The van der Waals surface area contributed by atoms with Crippen LogP contribution in [0.25, 0.3) is 0 Å². The Balaban J connectivity index is 1.61. The van der Waals surface area contributed by atoms with Crippen LogP contribution in [0.2, 0.25) is 5.02 Å². The van der Waals surface area contributed by atoms with Crippen LogP contribution in [0.4, 0.5) is 0 Å². The fourth-order valence-electron chi connectivity index (χ4n) is 3.23. The van der Waals surface area contributed by atoms with Crippen molar-refractivity contribution in [3.05, 3.63) is 51.2 Å². The first-order valence-corrected chi connectivity index (χ1v) is 11.9. The summed E-state index contributed by atoms with van der Waals surface area (Å²) in [5.74, 6) is 1.03. The van der Waals surface area contributed by atoms with Crippen LogP contribution in [-0.4, -0.2) is 55.2 Å². The van der Waals surface area contributed by atoms with E-state index in [0.717, 1.165) is 10.4 Å². The molecule has 2 heterocycles. The van der Waals surface area contributed by atoms with Crippen LogP contribution in [0.1, 0.15) is 16.9 Å². The van der Waals surface area contributed by atoms with Crippen molar-refractivity contribution in [2.45, 2.75) is 32.0 Å². The van der Waals surface area contributed by atoms with Crippen molar-refractivity contribution < 1.29 is 18.3 Å². The molecule has 0 spiro atoms. The lowest BCUT2D eigenvalue weighted by molar-refractivity contribution is 0.0529. The molecular weight excluding hydrogens is 406 g/mol. The van der Waals surface area contributed by atoms with Crippen LogP contribution in [0.5, 0.6) is 5.75 Å². The summed E-state index contributed by atoms with van der Waals surface area (Å²) >= 11 is 7.65. The minimum Gasteiger partial charge on any atom is -0.491 e. The number of rotatable bonds is 8. The molecule has 2 aromatic rings. The zero-order chi connectivity index (χ0) is 19.4. The SMILES string of the molecule is Cc1cc(OCC(O)CN(Cc2cccs2)C2CCS(=O)(=O)C2)ccc1Cl. The number of hydrogen-bond donors (Lipinski definition) is 1. The average molecular weight is 430 g/mol. The second kappa shape index (κ2) is 8.92. The minimum absolute atomic E-state index is 0.0653. The van der Waals surface area contributed by atoms with Crippen molar-refractivity contribution >= 4 is 32.8 Å². The molecule has 1 fully saturated rings. The number of aliphatic hydroxyl groups is 1. The standard InChI is InChI=1S/C19H24ClNO4S2/c1-14-9-17(4-5-19(14)20)25-12-16(22)10-21(11-18-3-2-7-26-18)15-6-8-27(23,24)13-15/h2-5,7,9,15-16,22H,6,8,10-13H2,1H3. The predicted molar refractivity (Wildman–Crippen MR) is 109 cm³/mol. The van der Waals surface area contributed by atoms with Crippen LogP contribution in [0.3, 0.4) is 0 Å². The van der Waals surface area contributed by atoms with Crippen LogP contribution in [-0.2, 0) is 16.4 Å². The second-order valence-electron chi connectivity index (χ2n) is 6.94. The average Bonchev–Trinajstić information content (AvgIpc) is 3.24. The first kappa shape index (κ1) is 20.6. The Morgan fingerprint density at radius 1 is 1.41 bits per heavy atom. The molecular formula is C19H24ClNO4S2. The molecule has 0 amide bonds. The van der Waals surface area contributed by atoms with E-state index in [1.165, 1.54) is 0 Å².